The second-order valence-electron chi connectivity index (χ2n) is 7.47. The zero-order chi connectivity index (χ0) is 25.7. The molecule has 0 fully saturated rings. The number of nitro benzene ring substituents is 1. The molecule has 12 nitrogen and oxygen atoms in total. The lowest BCUT2D eigenvalue weighted by Gasteiger charge is -2.18. The summed E-state index contributed by atoms with van der Waals surface area (Å²) in [5, 5.41) is 36.2. The first-order valence-electron chi connectivity index (χ1n) is 10.5. The molecule has 0 aliphatic rings. The predicted octanol–water partition coefficient (Wildman–Crippen LogP) is 1.53. The van der Waals surface area contributed by atoms with Crippen LogP contribution in [0.15, 0.2) is 82.7 Å². The summed E-state index contributed by atoms with van der Waals surface area (Å²) in [5.74, 6) is -1.96. The number of carbonyl (C=O) groups excluding carboxylic acids is 2. The minimum atomic E-state index is -1.39. The average Bonchev–Trinajstić information content (AvgIpc) is 2.89. The fraction of sp³-hybridized carbons (Fsp3) is 0.0417. The summed E-state index contributed by atoms with van der Waals surface area (Å²) in [6.07, 6.45) is 0.960. The third-order valence-electron chi connectivity index (χ3n) is 5.16. The van der Waals surface area contributed by atoms with Gasteiger partial charge in [0.2, 0.25) is 0 Å². The molecule has 0 saturated carbocycles. The molecule has 0 aliphatic heterocycles. The Labute approximate surface area is 202 Å². The van der Waals surface area contributed by atoms with E-state index in [2.05, 4.69) is 26.0 Å². The Balaban J connectivity index is 1.67. The van der Waals surface area contributed by atoms with Crippen LogP contribution in [-0.2, 0) is 4.79 Å². The van der Waals surface area contributed by atoms with Crippen LogP contribution in [-0.4, -0.2) is 33.1 Å². The zero-order valence-electron chi connectivity index (χ0n) is 18.4. The van der Waals surface area contributed by atoms with Crippen molar-refractivity contribution in [2.24, 2.45) is 5.10 Å². The Morgan fingerprint density at radius 2 is 1.72 bits per heavy atom. The van der Waals surface area contributed by atoms with Gasteiger partial charge in [-0.05, 0) is 23.8 Å². The van der Waals surface area contributed by atoms with E-state index < -0.39 is 34.1 Å². The van der Waals surface area contributed by atoms with Gasteiger partial charge in [-0.1, -0.05) is 48.2 Å². The molecule has 3 N–H and O–H groups in total. The van der Waals surface area contributed by atoms with Crippen molar-refractivity contribution in [1.82, 2.24) is 20.9 Å². The monoisotopic (exact) mass is 485 g/mol. The average molecular weight is 485 g/mol. The number of hydrogen-bond acceptors (Lipinski definition) is 8. The van der Waals surface area contributed by atoms with Gasteiger partial charge >= 0.3 is 0 Å². The minimum Gasteiger partial charge on any atom is -0.872 e. The number of aromatic nitrogens is 2. The topological polar surface area (TPSA) is 183 Å². The number of H-pyrrole nitrogens is 1. The molecule has 0 unspecified atom stereocenters. The summed E-state index contributed by atoms with van der Waals surface area (Å²) >= 11 is 0. The van der Waals surface area contributed by atoms with Crippen molar-refractivity contribution in [1.29, 1.82) is 0 Å². The molecule has 0 saturated heterocycles. The fourth-order valence-electron chi connectivity index (χ4n) is 3.40. The van der Waals surface area contributed by atoms with Gasteiger partial charge in [0.05, 0.1) is 16.5 Å². The summed E-state index contributed by atoms with van der Waals surface area (Å²) < 4.78 is 0. The molecule has 0 aliphatic carbocycles. The maximum atomic E-state index is 13.1. The zero-order valence-corrected chi connectivity index (χ0v) is 18.4. The van der Waals surface area contributed by atoms with Crippen LogP contribution in [0.25, 0.3) is 10.8 Å². The third kappa shape index (κ3) is 5.07. The Morgan fingerprint density at radius 1 is 1.03 bits per heavy atom. The number of benzene rings is 3. The van der Waals surface area contributed by atoms with E-state index in [0.29, 0.717) is 5.39 Å². The molecular weight excluding hydrogens is 468 g/mol. The highest BCUT2D eigenvalue weighted by Crippen LogP contribution is 2.21. The highest BCUT2D eigenvalue weighted by atomic mass is 16.6. The lowest BCUT2D eigenvalue weighted by Crippen LogP contribution is -2.40. The summed E-state index contributed by atoms with van der Waals surface area (Å²) in [7, 11) is 0. The molecule has 0 radical (unpaired) electrons. The highest BCUT2D eigenvalue weighted by molar-refractivity contribution is 5.99. The second kappa shape index (κ2) is 10.3. The number of amides is 2. The number of nitrogens with one attached hydrogen (secondary N) is 3. The van der Waals surface area contributed by atoms with Crippen molar-refractivity contribution < 1.29 is 19.6 Å². The van der Waals surface area contributed by atoms with Gasteiger partial charge < -0.3 is 10.4 Å². The van der Waals surface area contributed by atoms with Crippen LogP contribution in [0.5, 0.6) is 5.75 Å². The normalized spacial score (nSPS) is 11.8. The summed E-state index contributed by atoms with van der Waals surface area (Å²) in [4.78, 5) is 48.5. The van der Waals surface area contributed by atoms with Gasteiger partial charge in [0, 0.05) is 23.1 Å². The number of fused-ring (bicyclic) bond motifs is 1. The van der Waals surface area contributed by atoms with E-state index >= 15 is 0 Å². The van der Waals surface area contributed by atoms with Crippen molar-refractivity contribution >= 4 is 34.5 Å². The largest absolute Gasteiger partial charge is 0.872 e. The Bertz CT molecular complexity index is 1550. The van der Waals surface area contributed by atoms with Crippen LogP contribution in [0.4, 0.5) is 5.69 Å². The maximum Gasteiger partial charge on any atom is 0.272 e. The number of non-ortho nitro benzene ring substituents is 1. The van der Waals surface area contributed by atoms with Gasteiger partial charge in [0.1, 0.15) is 5.69 Å². The number of rotatable bonds is 7. The molecule has 2 amide bonds. The summed E-state index contributed by atoms with van der Waals surface area (Å²) in [6.45, 7) is 0. The molecule has 36 heavy (non-hydrogen) atoms. The maximum absolute atomic E-state index is 13.1. The quantitative estimate of drug-likeness (QED) is 0.201. The molecule has 4 rings (SSSR count). The molecule has 180 valence electrons. The van der Waals surface area contributed by atoms with Crippen molar-refractivity contribution in [2.45, 2.75) is 6.04 Å². The van der Waals surface area contributed by atoms with Gasteiger partial charge in [0.15, 0.2) is 6.04 Å². The smallest absolute Gasteiger partial charge is 0.272 e. The number of hydrogen-bond donors (Lipinski definition) is 3. The lowest BCUT2D eigenvalue weighted by molar-refractivity contribution is -0.385. The number of nitrogens with zero attached hydrogens (tertiary/aromatic N) is 3. The van der Waals surface area contributed by atoms with E-state index in [9.17, 15) is 29.6 Å². The van der Waals surface area contributed by atoms with E-state index in [0.717, 1.165) is 24.4 Å². The summed E-state index contributed by atoms with van der Waals surface area (Å²) in [6, 6.07) is 16.3. The van der Waals surface area contributed by atoms with Crippen molar-refractivity contribution in [3.05, 3.63) is 110 Å². The van der Waals surface area contributed by atoms with E-state index in [1.807, 2.05) is 0 Å². The van der Waals surface area contributed by atoms with E-state index in [1.165, 1.54) is 0 Å². The number of hydrazone groups is 1. The first-order chi connectivity index (χ1) is 17.3. The lowest BCUT2D eigenvalue weighted by atomic mass is 10.0. The van der Waals surface area contributed by atoms with Crippen LogP contribution in [0.1, 0.15) is 27.7 Å². The molecule has 0 spiro atoms. The number of aromatic amines is 1. The first kappa shape index (κ1) is 23.8. The minimum absolute atomic E-state index is 0.0574. The standard InChI is InChI=1S/C24H18N6O6/c31-19-11-10-16(30(35)36)12-15(19)13-25-28-24(34)21(26-22(32)14-6-2-1-3-7-14)20-17-8-4-5-9-18(17)23(33)29-27-20/h1-13,21,31H,(H,26,32)(H,28,34)(H,29,33)/p-1/b25-13-/t21-/m1/s1. The van der Waals surface area contributed by atoms with Crippen LogP contribution < -0.4 is 21.4 Å². The first-order valence-corrected chi connectivity index (χ1v) is 10.5. The van der Waals surface area contributed by atoms with Gasteiger partial charge in [-0.3, -0.25) is 24.5 Å². The number of nitro groups is 1. The molecule has 3 aromatic carbocycles. The molecular formula is C24H17N6O6-. The van der Waals surface area contributed by atoms with E-state index in [4.69, 9.17) is 0 Å². The summed E-state index contributed by atoms with van der Waals surface area (Å²) in [5.41, 5.74) is 1.63. The van der Waals surface area contributed by atoms with Gasteiger partial charge in [-0.15, -0.1) is 0 Å². The molecule has 4 aromatic rings. The van der Waals surface area contributed by atoms with Gasteiger partial charge in [-0.25, -0.2) is 10.5 Å². The molecule has 1 aromatic heterocycles. The van der Waals surface area contributed by atoms with Crippen molar-refractivity contribution in [3.63, 3.8) is 0 Å². The number of carbonyl (C=O) groups is 2. The molecule has 1 atom stereocenters. The fourth-order valence-corrected chi connectivity index (χ4v) is 3.40. The van der Waals surface area contributed by atoms with Crippen LogP contribution in [0.3, 0.4) is 0 Å². The van der Waals surface area contributed by atoms with Crippen LogP contribution in [0, 0.1) is 10.1 Å². The van der Waals surface area contributed by atoms with Crippen molar-refractivity contribution in [3.8, 4) is 5.75 Å². The predicted molar refractivity (Wildman–Crippen MR) is 127 cm³/mol. The Morgan fingerprint density at radius 3 is 2.44 bits per heavy atom. The second-order valence-corrected chi connectivity index (χ2v) is 7.47. The molecule has 0 bridgehead atoms. The van der Waals surface area contributed by atoms with Crippen molar-refractivity contribution in [2.75, 3.05) is 0 Å². The van der Waals surface area contributed by atoms with Gasteiger partial charge in [0.25, 0.3) is 23.1 Å². The SMILES string of the molecule is O=C(N[C@@H](C(=O)N/N=C\c1cc([N+](=O)[O-])ccc1[O-])c1n[nH]c(=O)c2ccccc12)c1ccccc1. The van der Waals surface area contributed by atoms with E-state index in [1.54, 1.807) is 54.6 Å². The van der Waals surface area contributed by atoms with Crippen LogP contribution in [0.2, 0.25) is 0 Å². The van der Waals surface area contributed by atoms with E-state index in [-0.39, 0.29) is 27.9 Å². The van der Waals surface area contributed by atoms with Crippen LogP contribution >= 0.6 is 0 Å². The highest BCUT2D eigenvalue weighted by Gasteiger charge is 2.27. The Kier molecular flexibility index (Phi) is 6.77. The molecule has 12 heteroatoms. The molecule has 1 heterocycles. The van der Waals surface area contributed by atoms with Gasteiger partial charge in [-0.2, -0.15) is 10.2 Å². The Hall–Kier alpha value is -5.39. The third-order valence-corrected chi connectivity index (χ3v) is 5.16.